The van der Waals surface area contributed by atoms with E-state index in [1.807, 2.05) is 12.1 Å². The van der Waals surface area contributed by atoms with Crippen LogP contribution in [-0.4, -0.2) is 27.4 Å². The molecule has 0 unspecified atom stereocenters. The highest BCUT2D eigenvalue weighted by molar-refractivity contribution is 6.27. The molecule has 14 aromatic carbocycles. The number of rotatable bonds is 7. The third-order valence-corrected chi connectivity index (χ3v) is 19.6. The standard InChI is InChI=1S/C85H51N7/c86-52-53-46-48-54(49-47-53)78-81(88-68-37-15-4-26-56(68)57-27-5-16-38-69(57)88)83(90-72-41-19-8-30-60(72)61-31-9-20-42-73(61)90)85(92-76-45-23-13-35-66(76)79-77(92)51-50-65-64-34-12-14-36-67(64)87(80(65)79)55-24-2-1-3-25-55)84(91-74-43-21-10-32-62(74)63-33-11-22-44-75(63)91)82(78)89-70-39-17-6-28-58(70)59-29-7-18-40-71(59)89/h1-51H. The van der Waals surface area contributed by atoms with Gasteiger partial charge in [-0.2, -0.15) is 5.26 Å². The Morgan fingerprint density at radius 2 is 0.478 bits per heavy atom. The maximum absolute atomic E-state index is 10.8. The minimum absolute atomic E-state index is 0.581. The molecule has 0 bridgehead atoms. The van der Waals surface area contributed by atoms with Gasteiger partial charge in [0.1, 0.15) is 0 Å². The van der Waals surface area contributed by atoms with E-state index >= 15 is 0 Å². The molecule has 20 aromatic rings. The minimum atomic E-state index is 0.581. The molecule has 92 heavy (non-hydrogen) atoms. The second-order valence-electron chi connectivity index (χ2n) is 24.2. The Labute approximate surface area is 526 Å². The van der Waals surface area contributed by atoms with Gasteiger partial charge < -0.3 is 27.4 Å². The summed E-state index contributed by atoms with van der Waals surface area (Å²) in [6.07, 6.45) is 0. The van der Waals surface area contributed by atoms with E-state index in [0.717, 1.165) is 165 Å². The van der Waals surface area contributed by atoms with Crippen molar-refractivity contribution in [2.45, 2.75) is 0 Å². The summed E-state index contributed by atoms with van der Waals surface area (Å²) in [7, 11) is 0. The van der Waals surface area contributed by atoms with Crippen LogP contribution < -0.4 is 0 Å². The van der Waals surface area contributed by atoms with Crippen molar-refractivity contribution in [2.75, 3.05) is 0 Å². The van der Waals surface area contributed by atoms with Crippen LogP contribution in [-0.2, 0) is 0 Å². The van der Waals surface area contributed by atoms with Gasteiger partial charge in [-0.05, 0) is 96.6 Å². The molecule has 0 radical (unpaired) electrons. The predicted octanol–water partition coefficient (Wildman–Crippen LogP) is 21.8. The van der Waals surface area contributed by atoms with Crippen molar-refractivity contribution in [1.82, 2.24) is 27.4 Å². The van der Waals surface area contributed by atoms with E-state index in [1.165, 1.54) is 10.8 Å². The highest BCUT2D eigenvalue weighted by Gasteiger charge is 2.37. The summed E-state index contributed by atoms with van der Waals surface area (Å²) >= 11 is 0. The van der Waals surface area contributed by atoms with Crippen LogP contribution in [0.4, 0.5) is 0 Å². The third-order valence-electron chi connectivity index (χ3n) is 19.6. The lowest BCUT2D eigenvalue weighted by Gasteiger charge is -2.32. The summed E-state index contributed by atoms with van der Waals surface area (Å²) in [6, 6.07) is 116. The van der Waals surface area contributed by atoms with E-state index in [9.17, 15) is 5.26 Å². The second kappa shape index (κ2) is 19.2. The van der Waals surface area contributed by atoms with Gasteiger partial charge in [0.15, 0.2) is 0 Å². The quantitative estimate of drug-likeness (QED) is 0.157. The van der Waals surface area contributed by atoms with Crippen molar-refractivity contribution in [3.63, 3.8) is 0 Å². The Kier molecular flexibility index (Phi) is 10.5. The second-order valence-corrected chi connectivity index (χ2v) is 24.2. The zero-order valence-electron chi connectivity index (χ0n) is 49.6. The highest BCUT2D eigenvalue weighted by Crippen LogP contribution is 2.55. The lowest BCUT2D eigenvalue weighted by Crippen LogP contribution is -2.18. The van der Waals surface area contributed by atoms with Gasteiger partial charge in [-0.3, -0.25) is 0 Å². The molecule has 6 aromatic heterocycles. The first-order chi connectivity index (χ1) is 45.7. The monoisotopic (exact) mass is 1170 g/mol. The number of aromatic nitrogens is 6. The summed E-state index contributed by atoms with van der Waals surface area (Å²) in [6.45, 7) is 0. The van der Waals surface area contributed by atoms with Crippen LogP contribution in [0, 0.1) is 11.3 Å². The van der Waals surface area contributed by atoms with E-state index in [1.54, 1.807) is 0 Å². The molecule has 0 atom stereocenters. The molecule has 426 valence electrons. The summed E-state index contributed by atoms with van der Waals surface area (Å²) in [5.74, 6) is 0. The molecule has 6 heterocycles. The van der Waals surface area contributed by atoms with E-state index in [-0.39, 0.29) is 0 Å². The SMILES string of the molecule is N#Cc1ccc(-c2c(-n3c4ccccc4c4ccccc43)c(-n3c4ccccc4c4ccccc43)c(-n3c4ccccc4c4c3ccc3c5ccccc5n(-c5ccccc5)c34)c(-n3c4ccccc4c4ccccc43)c2-n2c3ccccc3c3ccccc32)cc1. The number of hydrogen-bond acceptors (Lipinski definition) is 1. The summed E-state index contributed by atoms with van der Waals surface area (Å²) in [4.78, 5) is 0. The molecule has 0 N–H and O–H groups in total. The number of hydrogen-bond donors (Lipinski definition) is 0. The number of benzene rings is 14. The maximum Gasteiger partial charge on any atom is 0.0991 e. The lowest BCUT2D eigenvalue weighted by molar-refractivity contribution is 1.00. The molecule has 0 fully saturated rings. The molecule has 0 amide bonds. The van der Waals surface area contributed by atoms with Crippen molar-refractivity contribution in [3.8, 4) is 51.3 Å². The van der Waals surface area contributed by atoms with Crippen molar-refractivity contribution in [2.24, 2.45) is 0 Å². The van der Waals surface area contributed by atoms with Crippen LogP contribution in [0.5, 0.6) is 0 Å². The van der Waals surface area contributed by atoms with Crippen LogP contribution in [0.1, 0.15) is 5.56 Å². The third kappa shape index (κ3) is 6.76. The maximum atomic E-state index is 10.8. The normalized spacial score (nSPS) is 12.1. The van der Waals surface area contributed by atoms with Gasteiger partial charge >= 0.3 is 0 Å². The largest absolute Gasteiger partial charge is 0.309 e. The van der Waals surface area contributed by atoms with E-state index in [0.29, 0.717) is 5.56 Å². The topological polar surface area (TPSA) is 53.4 Å². The van der Waals surface area contributed by atoms with Gasteiger partial charge in [0, 0.05) is 75.9 Å². The summed E-state index contributed by atoms with van der Waals surface area (Å²) in [5, 5.41) is 24.5. The number of nitriles is 1. The molecule has 0 saturated heterocycles. The fraction of sp³-hybridized carbons (Fsp3) is 0. The Balaban J connectivity index is 1.17. The van der Waals surface area contributed by atoms with Gasteiger partial charge in [0.2, 0.25) is 0 Å². The van der Waals surface area contributed by atoms with Crippen LogP contribution >= 0.6 is 0 Å². The number of nitrogens with zero attached hydrogens (tertiary/aromatic N) is 7. The fourth-order valence-electron chi connectivity index (χ4n) is 16.0. The average Bonchev–Trinajstić information content (AvgIpc) is 1.45. The van der Waals surface area contributed by atoms with Crippen molar-refractivity contribution >= 4 is 131 Å². The van der Waals surface area contributed by atoms with Gasteiger partial charge in [-0.15, -0.1) is 0 Å². The molecule has 20 rings (SSSR count). The first kappa shape index (κ1) is 50.4. The Hall–Kier alpha value is -12.6. The first-order valence-corrected chi connectivity index (χ1v) is 31.4. The molecule has 0 aliphatic heterocycles. The molecule has 7 heteroatoms. The Bertz CT molecular complexity index is 6100. The van der Waals surface area contributed by atoms with E-state index in [2.05, 4.69) is 331 Å². The van der Waals surface area contributed by atoms with E-state index in [4.69, 9.17) is 0 Å². The Morgan fingerprint density at radius 3 is 0.837 bits per heavy atom. The summed E-state index contributed by atoms with van der Waals surface area (Å²) in [5.41, 5.74) is 21.4. The molecule has 0 aliphatic rings. The van der Waals surface area contributed by atoms with Gasteiger partial charge in [-0.1, -0.05) is 218 Å². The zero-order chi connectivity index (χ0) is 60.3. The first-order valence-electron chi connectivity index (χ1n) is 31.4. The van der Waals surface area contributed by atoms with Gasteiger partial charge in [-0.25, -0.2) is 0 Å². The average molecular weight is 1170 g/mol. The van der Waals surface area contributed by atoms with Crippen molar-refractivity contribution in [1.29, 1.82) is 5.26 Å². The van der Waals surface area contributed by atoms with Crippen LogP contribution in [0.2, 0.25) is 0 Å². The predicted molar refractivity (Wildman–Crippen MR) is 383 cm³/mol. The van der Waals surface area contributed by atoms with Crippen LogP contribution in [0.25, 0.3) is 176 Å². The van der Waals surface area contributed by atoms with Gasteiger partial charge in [0.05, 0.1) is 106 Å². The minimum Gasteiger partial charge on any atom is -0.309 e. The number of para-hydroxylation sites is 11. The van der Waals surface area contributed by atoms with E-state index < -0.39 is 0 Å². The smallest absolute Gasteiger partial charge is 0.0991 e. The van der Waals surface area contributed by atoms with Crippen LogP contribution in [0.15, 0.2) is 309 Å². The Morgan fingerprint density at radius 1 is 0.207 bits per heavy atom. The van der Waals surface area contributed by atoms with Crippen molar-refractivity contribution in [3.05, 3.63) is 315 Å². The molecule has 7 nitrogen and oxygen atoms in total. The highest BCUT2D eigenvalue weighted by atomic mass is 15.2. The molecular formula is C85H51N7. The molecule has 0 saturated carbocycles. The zero-order valence-corrected chi connectivity index (χ0v) is 49.6. The molecular weight excluding hydrogens is 1120 g/mol. The fourth-order valence-corrected chi connectivity index (χ4v) is 16.0. The van der Waals surface area contributed by atoms with Crippen LogP contribution in [0.3, 0.4) is 0 Å². The van der Waals surface area contributed by atoms with Crippen molar-refractivity contribution < 1.29 is 0 Å². The lowest BCUT2D eigenvalue weighted by atomic mass is 9.94. The van der Waals surface area contributed by atoms with Gasteiger partial charge in [0.25, 0.3) is 0 Å². The molecule has 0 aliphatic carbocycles. The number of fused-ring (bicyclic) bond motifs is 19. The molecule has 0 spiro atoms. The summed E-state index contributed by atoms with van der Waals surface area (Å²) < 4.78 is 15.5.